The number of rotatable bonds is 2. The third-order valence-electron chi connectivity index (χ3n) is 3.30. The first-order valence-corrected chi connectivity index (χ1v) is 5.77. The zero-order valence-corrected chi connectivity index (χ0v) is 10.8. The lowest BCUT2D eigenvalue weighted by Crippen LogP contribution is -2.42. The van der Waals surface area contributed by atoms with Gasteiger partial charge in [0.15, 0.2) is 5.76 Å². The molecule has 0 bridgehead atoms. The first-order chi connectivity index (χ1) is 7.68. The van der Waals surface area contributed by atoms with Crippen molar-refractivity contribution in [3.05, 3.63) is 24.2 Å². The Bertz CT molecular complexity index is 343. The maximum absolute atomic E-state index is 11.9. The Hall–Kier alpha value is -1.00. The second kappa shape index (κ2) is 6.07. The zero-order chi connectivity index (χ0) is 11.5. The van der Waals surface area contributed by atoms with Crippen LogP contribution >= 0.6 is 12.4 Å². The summed E-state index contributed by atoms with van der Waals surface area (Å²) in [6.45, 7) is 3.60. The van der Waals surface area contributed by atoms with Crippen molar-refractivity contribution in [3.8, 4) is 0 Å². The number of hydrogen-bond donors (Lipinski definition) is 1. The first-order valence-electron chi connectivity index (χ1n) is 5.77. The monoisotopic (exact) mass is 258 g/mol. The molecule has 0 spiro atoms. The van der Waals surface area contributed by atoms with Crippen LogP contribution < -0.4 is 5.73 Å². The minimum Gasteiger partial charge on any atom is -0.459 e. The van der Waals surface area contributed by atoms with Crippen LogP contribution in [0.3, 0.4) is 0 Å². The van der Waals surface area contributed by atoms with Gasteiger partial charge in [0.1, 0.15) is 0 Å². The summed E-state index contributed by atoms with van der Waals surface area (Å²) < 4.78 is 5.11. The van der Waals surface area contributed by atoms with E-state index in [1.54, 1.807) is 12.1 Å². The number of amides is 1. The second-order valence-electron chi connectivity index (χ2n) is 4.47. The molecule has 1 saturated heterocycles. The summed E-state index contributed by atoms with van der Waals surface area (Å²) in [5.74, 6) is 0.966. The van der Waals surface area contributed by atoms with Gasteiger partial charge in [-0.3, -0.25) is 4.79 Å². The fourth-order valence-corrected chi connectivity index (χ4v) is 2.18. The van der Waals surface area contributed by atoms with E-state index in [-0.39, 0.29) is 24.4 Å². The third kappa shape index (κ3) is 3.23. The molecule has 5 heteroatoms. The largest absolute Gasteiger partial charge is 0.459 e. The van der Waals surface area contributed by atoms with Gasteiger partial charge in [0.25, 0.3) is 5.91 Å². The van der Waals surface area contributed by atoms with Crippen LogP contribution in [0.5, 0.6) is 0 Å². The minimum atomic E-state index is -0.00637. The van der Waals surface area contributed by atoms with E-state index in [0.29, 0.717) is 11.7 Å². The number of nitrogens with two attached hydrogens (primary N) is 1. The molecule has 2 heterocycles. The predicted octanol–water partition coefficient (Wildman–Crippen LogP) is 1.90. The molecule has 2 N–H and O–H groups in total. The average molecular weight is 259 g/mol. The van der Waals surface area contributed by atoms with Gasteiger partial charge in [-0.05, 0) is 37.8 Å². The van der Waals surface area contributed by atoms with Crippen LogP contribution in [0.4, 0.5) is 0 Å². The molecule has 1 amide bonds. The number of furan rings is 1. The standard InChI is InChI=1S/C12H18N2O2.ClH/c1-9(13)10-4-6-14(7-5-10)12(15)11-3-2-8-16-11;/h2-3,8-10H,4-7,13H2,1H3;1H. The minimum absolute atomic E-state index is 0. The van der Waals surface area contributed by atoms with Crippen LogP contribution in [0.2, 0.25) is 0 Å². The van der Waals surface area contributed by atoms with E-state index in [1.165, 1.54) is 6.26 Å². The molecular weight excluding hydrogens is 240 g/mol. The molecule has 1 unspecified atom stereocenters. The van der Waals surface area contributed by atoms with E-state index in [9.17, 15) is 4.79 Å². The van der Waals surface area contributed by atoms with Crippen molar-refractivity contribution in [2.45, 2.75) is 25.8 Å². The van der Waals surface area contributed by atoms with Crippen molar-refractivity contribution < 1.29 is 9.21 Å². The molecule has 1 fully saturated rings. The molecule has 1 atom stereocenters. The Morgan fingerprint density at radius 3 is 2.65 bits per heavy atom. The van der Waals surface area contributed by atoms with Gasteiger partial charge in [-0.25, -0.2) is 0 Å². The molecule has 1 aliphatic heterocycles. The SMILES string of the molecule is CC(N)C1CCN(C(=O)c2ccco2)CC1.Cl. The fraction of sp³-hybridized carbons (Fsp3) is 0.583. The van der Waals surface area contributed by atoms with Crippen LogP contribution in [0.25, 0.3) is 0 Å². The molecule has 1 aromatic heterocycles. The van der Waals surface area contributed by atoms with Gasteiger partial charge in [-0.15, -0.1) is 12.4 Å². The number of nitrogens with zero attached hydrogens (tertiary/aromatic N) is 1. The molecule has 0 saturated carbocycles. The van der Waals surface area contributed by atoms with Crippen molar-refractivity contribution in [3.63, 3.8) is 0 Å². The summed E-state index contributed by atoms with van der Waals surface area (Å²) in [5, 5.41) is 0. The smallest absolute Gasteiger partial charge is 0.289 e. The highest BCUT2D eigenvalue weighted by molar-refractivity contribution is 5.91. The first kappa shape index (κ1) is 14.1. The molecule has 1 aliphatic rings. The molecule has 0 aromatic carbocycles. The van der Waals surface area contributed by atoms with Gasteiger partial charge < -0.3 is 15.1 Å². The van der Waals surface area contributed by atoms with E-state index in [1.807, 2.05) is 11.8 Å². The molecule has 1 aromatic rings. The van der Waals surface area contributed by atoms with Crippen molar-refractivity contribution >= 4 is 18.3 Å². The molecular formula is C12H19ClN2O2. The van der Waals surface area contributed by atoms with E-state index in [0.717, 1.165) is 25.9 Å². The molecule has 96 valence electrons. The molecule has 0 radical (unpaired) electrons. The van der Waals surface area contributed by atoms with Gasteiger partial charge in [-0.1, -0.05) is 0 Å². The topological polar surface area (TPSA) is 59.5 Å². The number of piperidine rings is 1. The van der Waals surface area contributed by atoms with Crippen molar-refractivity contribution in [2.75, 3.05) is 13.1 Å². The van der Waals surface area contributed by atoms with Crippen molar-refractivity contribution in [2.24, 2.45) is 11.7 Å². The Balaban J connectivity index is 0.00000144. The summed E-state index contributed by atoms with van der Waals surface area (Å²) in [6, 6.07) is 3.67. The number of halogens is 1. The van der Waals surface area contributed by atoms with Crippen LogP contribution in [0.15, 0.2) is 22.8 Å². The Labute approximate surface area is 108 Å². The quantitative estimate of drug-likeness (QED) is 0.881. The second-order valence-corrected chi connectivity index (χ2v) is 4.47. The Morgan fingerprint density at radius 1 is 1.53 bits per heavy atom. The Kier molecular flexibility index (Phi) is 5.02. The van der Waals surface area contributed by atoms with Gasteiger partial charge in [0.05, 0.1) is 6.26 Å². The van der Waals surface area contributed by atoms with Crippen LogP contribution in [-0.4, -0.2) is 29.9 Å². The number of likely N-dealkylation sites (tertiary alicyclic amines) is 1. The van der Waals surface area contributed by atoms with Crippen molar-refractivity contribution in [1.82, 2.24) is 4.90 Å². The molecule has 17 heavy (non-hydrogen) atoms. The van der Waals surface area contributed by atoms with Gasteiger partial charge >= 0.3 is 0 Å². The molecule has 0 aliphatic carbocycles. The summed E-state index contributed by atoms with van der Waals surface area (Å²) in [4.78, 5) is 13.8. The molecule has 2 rings (SSSR count). The number of hydrogen-bond acceptors (Lipinski definition) is 3. The van der Waals surface area contributed by atoms with Gasteiger partial charge in [0, 0.05) is 19.1 Å². The summed E-state index contributed by atoms with van der Waals surface area (Å²) in [5.41, 5.74) is 5.86. The van der Waals surface area contributed by atoms with Crippen LogP contribution in [0.1, 0.15) is 30.3 Å². The highest BCUT2D eigenvalue weighted by Gasteiger charge is 2.26. The van der Waals surface area contributed by atoms with Crippen LogP contribution in [0, 0.1) is 5.92 Å². The highest BCUT2D eigenvalue weighted by atomic mass is 35.5. The van der Waals surface area contributed by atoms with Gasteiger partial charge in [0.2, 0.25) is 0 Å². The van der Waals surface area contributed by atoms with E-state index >= 15 is 0 Å². The summed E-state index contributed by atoms with van der Waals surface area (Å²) in [7, 11) is 0. The summed E-state index contributed by atoms with van der Waals surface area (Å²) >= 11 is 0. The maximum atomic E-state index is 11.9. The summed E-state index contributed by atoms with van der Waals surface area (Å²) in [6.07, 6.45) is 3.51. The van der Waals surface area contributed by atoms with Gasteiger partial charge in [-0.2, -0.15) is 0 Å². The zero-order valence-electron chi connectivity index (χ0n) is 9.96. The van der Waals surface area contributed by atoms with Crippen LogP contribution in [-0.2, 0) is 0 Å². The lowest BCUT2D eigenvalue weighted by molar-refractivity contribution is 0.0649. The molecule has 4 nitrogen and oxygen atoms in total. The third-order valence-corrected chi connectivity index (χ3v) is 3.30. The Morgan fingerprint density at radius 2 is 2.18 bits per heavy atom. The van der Waals surface area contributed by atoms with Crippen molar-refractivity contribution in [1.29, 1.82) is 0 Å². The lowest BCUT2D eigenvalue weighted by Gasteiger charge is -2.33. The lowest BCUT2D eigenvalue weighted by atomic mass is 9.91. The maximum Gasteiger partial charge on any atom is 0.289 e. The number of carbonyl (C=O) groups excluding carboxylic acids is 1. The van der Waals surface area contributed by atoms with E-state index < -0.39 is 0 Å². The highest BCUT2D eigenvalue weighted by Crippen LogP contribution is 2.21. The normalized spacial score (nSPS) is 18.6. The average Bonchev–Trinajstić information content (AvgIpc) is 2.81. The van der Waals surface area contributed by atoms with E-state index in [4.69, 9.17) is 10.2 Å². The van der Waals surface area contributed by atoms with E-state index in [2.05, 4.69) is 0 Å². The number of carbonyl (C=O) groups is 1. The predicted molar refractivity (Wildman–Crippen MR) is 68.2 cm³/mol. The fourth-order valence-electron chi connectivity index (χ4n) is 2.18.